The van der Waals surface area contributed by atoms with Crippen LogP contribution >= 0.6 is 0 Å². The lowest BCUT2D eigenvalue weighted by molar-refractivity contribution is 0.208. The number of pyridine rings is 1. The van der Waals surface area contributed by atoms with Crippen molar-refractivity contribution >= 4 is 5.65 Å². The number of aliphatic hydroxyl groups is 1. The molecule has 3 rings (SSSR count). The zero-order chi connectivity index (χ0) is 13.2. The average molecular weight is 250 g/mol. The number of nitriles is 1. The highest BCUT2D eigenvalue weighted by Gasteiger charge is 2.17. The van der Waals surface area contributed by atoms with Gasteiger partial charge in [-0.05, 0) is 17.7 Å². The predicted octanol–water partition coefficient (Wildman–Crippen LogP) is 1.68. The minimum Gasteiger partial charge on any atom is -0.380 e. The zero-order valence-corrected chi connectivity index (χ0v) is 9.93. The van der Waals surface area contributed by atoms with Gasteiger partial charge in [0.05, 0.1) is 5.56 Å². The topological polar surface area (TPSA) is 74.2 Å². The minimum absolute atomic E-state index is 0.401. The number of aliphatic hydroxyl groups excluding tert-OH is 1. The van der Waals surface area contributed by atoms with Gasteiger partial charge in [-0.1, -0.05) is 30.3 Å². The van der Waals surface area contributed by atoms with Crippen molar-refractivity contribution in [3.8, 4) is 6.07 Å². The van der Waals surface area contributed by atoms with E-state index in [1.165, 1.54) is 0 Å². The van der Waals surface area contributed by atoms with Gasteiger partial charge < -0.3 is 5.11 Å². The first-order valence-electron chi connectivity index (χ1n) is 5.77. The van der Waals surface area contributed by atoms with E-state index in [0.29, 0.717) is 17.0 Å². The van der Waals surface area contributed by atoms with E-state index in [1.807, 2.05) is 30.3 Å². The Balaban J connectivity index is 2.13. The molecule has 0 saturated carbocycles. The quantitative estimate of drug-likeness (QED) is 0.751. The number of hydrogen-bond acceptors (Lipinski definition) is 4. The largest absolute Gasteiger partial charge is 0.380 e. The molecule has 5 nitrogen and oxygen atoms in total. The highest BCUT2D eigenvalue weighted by molar-refractivity contribution is 5.43. The molecule has 3 aromatic rings. The number of rotatable bonds is 2. The van der Waals surface area contributed by atoms with Crippen LogP contribution in [-0.2, 0) is 0 Å². The third kappa shape index (κ3) is 1.94. The van der Waals surface area contributed by atoms with Crippen molar-refractivity contribution in [3.05, 3.63) is 65.6 Å². The van der Waals surface area contributed by atoms with Gasteiger partial charge in [0.25, 0.3) is 0 Å². The molecule has 0 bridgehead atoms. The summed E-state index contributed by atoms with van der Waals surface area (Å²) in [6, 6.07) is 14.6. The highest BCUT2D eigenvalue weighted by Crippen LogP contribution is 2.20. The lowest BCUT2D eigenvalue weighted by Gasteiger charge is -2.08. The van der Waals surface area contributed by atoms with Crippen molar-refractivity contribution in [2.45, 2.75) is 6.10 Å². The maximum Gasteiger partial charge on any atom is 0.171 e. The molecule has 19 heavy (non-hydrogen) atoms. The number of nitrogens with zero attached hydrogens (tertiary/aromatic N) is 4. The Hall–Kier alpha value is -2.71. The van der Waals surface area contributed by atoms with Crippen LogP contribution in [0.25, 0.3) is 5.65 Å². The van der Waals surface area contributed by atoms with Crippen molar-refractivity contribution in [1.29, 1.82) is 5.26 Å². The fourth-order valence-corrected chi connectivity index (χ4v) is 1.95. The minimum atomic E-state index is -0.870. The molecular weight excluding hydrogens is 240 g/mol. The van der Waals surface area contributed by atoms with Crippen LogP contribution in [0.3, 0.4) is 0 Å². The smallest absolute Gasteiger partial charge is 0.171 e. The third-order valence-corrected chi connectivity index (χ3v) is 2.92. The fraction of sp³-hybridized carbons (Fsp3) is 0.0714. The fourth-order valence-electron chi connectivity index (χ4n) is 1.95. The summed E-state index contributed by atoms with van der Waals surface area (Å²) < 4.78 is 1.64. The number of aromatic nitrogens is 3. The SMILES string of the molecule is N#Cc1ccc2nnc(C(O)c3ccccc3)n2c1. The van der Waals surface area contributed by atoms with Crippen LogP contribution in [0, 0.1) is 11.3 Å². The maximum atomic E-state index is 10.3. The van der Waals surface area contributed by atoms with Crippen molar-refractivity contribution in [2.24, 2.45) is 0 Å². The second kappa shape index (κ2) is 4.52. The van der Waals surface area contributed by atoms with Gasteiger partial charge in [0, 0.05) is 6.20 Å². The van der Waals surface area contributed by atoms with Crippen molar-refractivity contribution in [3.63, 3.8) is 0 Å². The molecule has 0 aliphatic heterocycles. The zero-order valence-electron chi connectivity index (χ0n) is 9.93. The van der Waals surface area contributed by atoms with E-state index < -0.39 is 6.10 Å². The van der Waals surface area contributed by atoms with Crippen molar-refractivity contribution < 1.29 is 5.11 Å². The molecule has 0 aliphatic carbocycles. The molecule has 1 unspecified atom stereocenters. The van der Waals surface area contributed by atoms with Gasteiger partial charge in [0.2, 0.25) is 0 Å². The lowest BCUT2D eigenvalue weighted by atomic mass is 10.1. The first-order chi connectivity index (χ1) is 9.29. The molecule has 0 radical (unpaired) electrons. The van der Waals surface area contributed by atoms with E-state index in [0.717, 1.165) is 5.56 Å². The molecule has 2 aromatic heterocycles. The molecule has 0 saturated heterocycles. The van der Waals surface area contributed by atoms with Crippen LogP contribution in [0.15, 0.2) is 48.7 Å². The Morgan fingerprint density at radius 1 is 1.11 bits per heavy atom. The Morgan fingerprint density at radius 3 is 2.63 bits per heavy atom. The van der Waals surface area contributed by atoms with Gasteiger partial charge in [-0.2, -0.15) is 5.26 Å². The van der Waals surface area contributed by atoms with Crippen LogP contribution in [0.5, 0.6) is 0 Å². The molecule has 92 valence electrons. The third-order valence-electron chi connectivity index (χ3n) is 2.92. The molecule has 0 aliphatic rings. The molecule has 1 aromatic carbocycles. The summed E-state index contributed by atoms with van der Waals surface area (Å²) in [6.07, 6.45) is 0.752. The summed E-state index contributed by atoms with van der Waals surface area (Å²) in [5.41, 5.74) is 1.83. The Kier molecular flexibility index (Phi) is 2.71. The Morgan fingerprint density at radius 2 is 1.89 bits per heavy atom. The Bertz CT molecular complexity index is 758. The van der Waals surface area contributed by atoms with Crippen LogP contribution in [0.2, 0.25) is 0 Å². The molecule has 5 heteroatoms. The summed E-state index contributed by atoms with van der Waals surface area (Å²) >= 11 is 0. The molecule has 1 N–H and O–H groups in total. The standard InChI is InChI=1S/C14H10N4O/c15-8-10-6-7-12-16-17-14(18(12)9-10)13(19)11-4-2-1-3-5-11/h1-7,9,13,19H. The van der Waals surface area contributed by atoms with Gasteiger partial charge in [-0.15, -0.1) is 10.2 Å². The van der Waals surface area contributed by atoms with Crippen LogP contribution in [0.1, 0.15) is 23.1 Å². The summed E-state index contributed by atoms with van der Waals surface area (Å²) in [6.45, 7) is 0. The molecule has 2 heterocycles. The van der Waals surface area contributed by atoms with E-state index in [1.54, 1.807) is 22.7 Å². The highest BCUT2D eigenvalue weighted by atomic mass is 16.3. The summed E-state index contributed by atoms with van der Waals surface area (Å²) in [7, 11) is 0. The van der Waals surface area contributed by atoms with E-state index in [4.69, 9.17) is 5.26 Å². The lowest BCUT2D eigenvalue weighted by Crippen LogP contribution is -2.05. The summed E-state index contributed by atoms with van der Waals surface area (Å²) in [5.74, 6) is 0.401. The first kappa shape index (κ1) is 11.4. The van der Waals surface area contributed by atoms with Gasteiger partial charge in [0.15, 0.2) is 11.5 Å². The number of fused-ring (bicyclic) bond motifs is 1. The predicted molar refractivity (Wildman–Crippen MR) is 68.2 cm³/mol. The number of hydrogen-bond donors (Lipinski definition) is 1. The monoisotopic (exact) mass is 250 g/mol. The van der Waals surface area contributed by atoms with Crippen LogP contribution in [0.4, 0.5) is 0 Å². The van der Waals surface area contributed by atoms with Gasteiger partial charge in [0.1, 0.15) is 12.2 Å². The second-order valence-corrected chi connectivity index (χ2v) is 4.13. The van der Waals surface area contributed by atoms with E-state index in [-0.39, 0.29) is 0 Å². The maximum absolute atomic E-state index is 10.3. The van der Waals surface area contributed by atoms with E-state index >= 15 is 0 Å². The van der Waals surface area contributed by atoms with Gasteiger partial charge >= 0.3 is 0 Å². The molecule has 1 atom stereocenters. The molecule has 0 fully saturated rings. The number of benzene rings is 1. The van der Waals surface area contributed by atoms with Crippen molar-refractivity contribution in [1.82, 2.24) is 14.6 Å². The van der Waals surface area contributed by atoms with Crippen LogP contribution < -0.4 is 0 Å². The Labute approximate surface area is 109 Å². The van der Waals surface area contributed by atoms with Gasteiger partial charge in [-0.25, -0.2) is 0 Å². The average Bonchev–Trinajstić information content (AvgIpc) is 2.90. The van der Waals surface area contributed by atoms with Gasteiger partial charge in [-0.3, -0.25) is 4.40 Å². The molecule has 0 spiro atoms. The summed E-state index contributed by atoms with van der Waals surface area (Å²) in [4.78, 5) is 0. The first-order valence-corrected chi connectivity index (χ1v) is 5.77. The van der Waals surface area contributed by atoms with E-state index in [9.17, 15) is 5.11 Å². The normalized spacial score (nSPS) is 12.2. The van der Waals surface area contributed by atoms with Crippen LogP contribution in [-0.4, -0.2) is 19.7 Å². The summed E-state index contributed by atoms with van der Waals surface area (Å²) in [5, 5.41) is 27.2. The molecular formula is C14H10N4O. The second-order valence-electron chi connectivity index (χ2n) is 4.13. The van der Waals surface area contributed by atoms with E-state index in [2.05, 4.69) is 16.3 Å². The molecule has 0 amide bonds. The van der Waals surface area contributed by atoms with Crippen molar-refractivity contribution in [2.75, 3.05) is 0 Å².